The van der Waals surface area contributed by atoms with Crippen molar-refractivity contribution in [3.05, 3.63) is 17.1 Å². The van der Waals surface area contributed by atoms with Gasteiger partial charge in [0.15, 0.2) is 9.84 Å². The van der Waals surface area contributed by atoms with Gasteiger partial charge in [-0.1, -0.05) is 0 Å². The fourth-order valence-corrected chi connectivity index (χ4v) is 5.24. The molecule has 0 aromatic carbocycles. The van der Waals surface area contributed by atoms with E-state index in [4.69, 9.17) is 0 Å². The summed E-state index contributed by atoms with van der Waals surface area (Å²) in [7, 11) is -1.03. The van der Waals surface area contributed by atoms with Gasteiger partial charge >= 0.3 is 0 Å². The minimum atomic E-state index is -2.88. The number of thioether (sulfide) groups is 1. The maximum atomic E-state index is 11.5. The standard InChI is InChI=1S/C11H15N3O2S2/c1-12-11-8-4-17-5-9(8)13-10(14-11)7-2-3-18(15,16)6-7/h7H,2-6H2,1H3,(H,12,13,14). The Labute approximate surface area is 111 Å². The van der Waals surface area contributed by atoms with Gasteiger partial charge < -0.3 is 5.32 Å². The van der Waals surface area contributed by atoms with Crippen molar-refractivity contribution in [2.75, 3.05) is 23.9 Å². The smallest absolute Gasteiger partial charge is 0.151 e. The normalized spacial score (nSPS) is 25.1. The second-order valence-corrected chi connectivity index (χ2v) is 7.91. The van der Waals surface area contributed by atoms with E-state index in [9.17, 15) is 8.42 Å². The lowest BCUT2D eigenvalue weighted by Gasteiger charge is -2.12. The van der Waals surface area contributed by atoms with Gasteiger partial charge in [-0.15, -0.1) is 0 Å². The van der Waals surface area contributed by atoms with Crippen LogP contribution in [0.15, 0.2) is 0 Å². The summed E-state index contributed by atoms with van der Waals surface area (Å²) < 4.78 is 23.1. The van der Waals surface area contributed by atoms with Gasteiger partial charge in [0.1, 0.15) is 11.6 Å². The van der Waals surface area contributed by atoms with Crippen molar-refractivity contribution in [3.63, 3.8) is 0 Å². The molecule has 0 saturated carbocycles. The zero-order chi connectivity index (χ0) is 12.8. The number of nitrogens with zero attached hydrogens (tertiary/aromatic N) is 2. The van der Waals surface area contributed by atoms with E-state index in [1.807, 2.05) is 18.8 Å². The molecular formula is C11H15N3O2S2. The summed E-state index contributed by atoms with van der Waals surface area (Å²) in [6.07, 6.45) is 0.650. The number of hydrogen-bond acceptors (Lipinski definition) is 6. The van der Waals surface area contributed by atoms with E-state index >= 15 is 0 Å². The van der Waals surface area contributed by atoms with Crippen LogP contribution in [0.4, 0.5) is 5.82 Å². The third-order valence-corrected chi connectivity index (χ3v) is 6.17. The number of sulfone groups is 1. The van der Waals surface area contributed by atoms with Crippen molar-refractivity contribution < 1.29 is 8.42 Å². The topological polar surface area (TPSA) is 72.0 Å². The van der Waals surface area contributed by atoms with Crippen LogP contribution in [0, 0.1) is 0 Å². The Hall–Kier alpha value is -0.820. The first-order valence-corrected chi connectivity index (χ1v) is 8.92. The Kier molecular flexibility index (Phi) is 2.97. The molecule has 3 rings (SSSR count). The summed E-state index contributed by atoms with van der Waals surface area (Å²) in [5.74, 6) is 3.83. The minimum absolute atomic E-state index is 0.0296. The highest BCUT2D eigenvalue weighted by atomic mass is 32.2. The Bertz CT molecular complexity index is 586. The molecule has 1 N–H and O–H groups in total. The SMILES string of the molecule is CNc1nc(C2CCS(=O)(=O)C2)nc2c1CSC2. The van der Waals surface area contributed by atoms with Gasteiger partial charge in [0.2, 0.25) is 0 Å². The molecule has 2 aliphatic rings. The van der Waals surface area contributed by atoms with Crippen molar-refractivity contribution in [2.24, 2.45) is 0 Å². The molecule has 0 spiro atoms. The summed E-state index contributed by atoms with van der Waals surface area (Å²) in [4.78, 5) is 9.08. The minimum Gasteiger partial charge on any atom is -0.373 e. The van der Waals surface area contributed by atoms with Crippen molar-refractivity contribution in [1.82, 2.24) is 9.97 Å². The predicted octanol–water partition coefficient (Wildman–Crippen LogP) is 1.17. The zero-order valence-corrected chi connectivity index (χ0v) is 11.8. The average Bonchev–Trinajstić information content (AvgIpc) is 2.93. The molecule has 98 valence electrons. The molecule has 18 heavy (non-hydrogen) atoms. The highest BCUT2D eigenvalue weighted by Crippen LogP contribution is 2.35. The second kappa shape index (κ2) is 4.38. The van der Waals surface area contributed by atoms with E-state index in [2.05, 4.69) is 15.3 Å². The number of rotatable bonds is 2. The van der Waals surface area contributed by atoms with Crippen LogP contribution in [0.25, 0.3) is 0 Å². The molecule has 1 atom stereocenters. The largest absolute Gasteiger partial charge is 0.373 e. The number of anilines is 1. The van der Waals surface area contributed by atoms with Crippen LogP contribution in [-0.4, -0.2) is 36.9 Å². The van der Waals surface area contributed by atoms with Crippen molar-refractivity contribution >= 4 is 27.4 Å². The summed E-state index contributed by atoms with van der Waals surface area (Å²) >= 11 is 1.82. The van der Waals surface area contributed by atoms with E-state index in [0.717, 1.165) is 23.0 Å². The van der Waals surface area contributed by atoms with E-state index in [-0.39, 0.29) is 17.4 Å². The molecule has 1 aromatic heterocycles. The molecule has 0 aliphatic carbocycles. The third-order valence-electron chi connectivity index (χ3n) is 3.43. The first-order valence-electron chi connectivity index (χ1n) is 5.94. The lowest BCUT2D eigenvalue weighted by atomic mass is 10.1. The molecule has 1 fully saturated rings. The van der Waals surface area contributed by atoms with Crippen LogP contribution in [-0.2, 0) is 21.3 Å². The number of aromatic nitrogens is 2. The van der Waals surface area contributed by atoms with Crippen molar-refractivity contribution in [2.45, 2.75) is 23.8 Å². The van der Waals surface area contributed by atoms with Crippen LogP contribution in [0.3, 0.4) is 0 Å². The molecule has 1 unspecified atom stereocenters. The Morgan fingerprint density at radius 1 is 1.33 bits per heavy atom. The third kappa shape index (κ3) is 2.09. The molecule has 1 aromatic rings. The molecule has 1 saturated heterocycles. The molecule has 5 nitrogen and oxygen atoms in total. The molecular weight excluding hydrogens is 270 g/mol. The number of nitrogens with one attached hydrogen (secondary N) is 1. The van der Waals surface area contributed by atoms with Crippen LogP contribution < -0.4 is 5.32 Å². The van der Waals surface area contributed by atoms with Gasteiger partial charge in [-0.05, 0) is 6.42 Å². The van der Waals surface area contributed by atoms with E-state index in [0.29, 0.717) is 12.2 Å². The number of fused-ring (bicyclic) bond motifs is 1. The van der Waals surface area contributed by atoms with Crippen molar-refractivity contribution in [1.29, 1.82) is 0 Å². The number of hydrogen-bond donors (Lipinski definition) is 1. The zero-order valence-electron chi connectivity index (χ0n) is 10.1. The lowest BCUT2D eigenvalue weighted by Crippen LogP contribution is -2.11. The monoisotopic (exact) mass is 285 g/mol. The molecule has 0 bridgehead atoms. The van der Waals surface area contributed by atoms with E-state index in [1.54, 1.807) is 0 Å². The van der Waals surface area contributed by atoms with E-state index < -0.39 is 9.84 Å². The fraction of sp³-hybridized carbons (Fsp3) is 0.636. The van der Waals surface area contributed by atoms with Gasteiger partial charge in [0.05, 0.1) is 17.2 Å². The van der Waals surface area contributed by atoms with Crippen molar-refractivity contribution in [3.8, 4) is 0 Å². The molecule has 7 heteroatoms. The molecule has 3 heterocycles. The summed E-state index contributed by atoms with van der Waals surface area (Å²) in [5.41, 5.74) is 2.24. The Morgan fingerprint density at radius 2 is 2.17 bits per heavy atom. The maximum absolute atomic E-state index is 11.5. The quantitative estimate of drug-likeness (QED) is 0.879. The van der Waals surface area contributed by atoms with Crippen LogP contribution in [0.2, 0.25) is 0 Å². The van der Waals surface area contributed by atoms with Crippen LogP contribution in [0.5, 0.6) is 0 Å². The summed E-state index contributed by atoms with van der Waals surface area (Å²) in [6.45, 7) is 0. The van der Waals surface area contributed by atoms with Crippen LogP contribution in [0.1, 0.15) is 29.4 Å². The summed E-state index contributed by atoms with van der Waals surface area (Å²) in [6, 6.07) is 0. The van der Waals surface area contributed by atoms with Gasteiger partial charge in [0, 0.05) is 30.0 Å². The fourth-order valence-electron chi connectivity index (χ4n) is 2.46. The van der Waals surface area contributed by atoms with Gasteiger partial charge in [-0.3, -0.25) is 0 Å². The molecule has 0 radical (unpaired) electrons. The van der Waals surface area contributed by atoms with Gasteiger partial charge in [0.25, 0.3) is 0 Å². The highest BCUT2D eigenvalue weighted by molar-refractivity contribution is 7.98. The average molecular weight is 285 g/mol. The molecule has 0 amide bonds. The van der Waals surface area contributed by atoms with E-state index in [1.165, 1.54) is 5.56 Å². The Balaban J connectivity index is 1.99. The van der Waals surface area contributed by atoms with Crippen LogP contribution >= 0.6 is 11.8 Å². The first kappa shape index (κ1) is 12.2. The first-order chi connectivity index (χ1) is 8.59. The predicted molar refractivity (Wildman–Crippen MR) is 72.6 cm³/mol. The Morgan fingerprint density at radius 3 is 2.83 bits per heavy atom. The lowest BCUT2D eigenvalue weighted by molar-refractivity contribution is 0.601. The molecule has 2 aliphatic heterocycles. The maximum Gasteiger partial charge on any atom is 0.151 e. The summed E-state index contributed by atoms with van der Waals surface area (Å²) in [5, 5.41) is 3.10. The second-order valence-electron chi connectivity index (χ2n) is 4.70. The highest BCUT2D eigenvalue weighted by Gasteiger charge is 2.32. The van der Waals surface area contributed by atoms with Gasteiger partial charge in [-0.2, -0.15) is 11.8 Å². The van der Waals surface area contributed by atoms with Gasteiger partial charge in [-0.25, -0.2) is 18.4 Å².